The van der Waals surface area contributed by atoms with Gasteiger partial charge in [-0.1, -0.05) is 91.0 Å². The molecule has 0 bridgehead atoms. The standard InChI is InChI=1S/C26H25NO/c1-26(2)24(22-16-10-5-11-17-22)23(18-20-12-6-3-7-13-20)25(28-26)27-19-21-14-8-4-9-15-21/h3-17H,18-19H2,1-2H3. The molecular weight excluding hydrogens is 342 g/mol. The van der Waals surface area contributed by atoms with Crippen molar-refractivity contribution >= 4 is 11.5 Å². The Bertz CT molecular complexity index is 986. The third-order valence-electron chi connectivity index (χ3n) is 5.05. The molecule has 0 aliphatic carbocycles. The van der Waals surface area contributed by atoms with Crippen LogP contribution in [0.15, 0.2) is 102 Å². The van der Waals surface area contributed by atoms with Crippen molar-refractivity contribution in [3.63, 3.8) is 0 Å². The summed E-state index contributed by atoms with van der Waals surface area (Å²) in [6, 6.07) is 31.4. The van der Waals surface area contributed by atoms with Crippen molar-refractivity contribution in [2.45, 2.75) is 32.4 Å². The van der Waals surface area contributed by atoms with E-state index in [9.17, 15) is 0 Å². The van der Waals surface area contributed by atoms with Crippen LogP contribution in [-0.2, 0) is 17.7 Å². The Morgan fingerprint density at radius 1 is 0.714 bits per heavy atom. The Balaban J connectivity index is 1.78. The van der Waals surface area contributed by atoms with Crippen LogP contribution in [0.3, 0.4) is 0 Å². The lowest BCUT2D eigenvalue weighted by Gasteiger charge is -2.22. The van der Waals surface area contributed by atoms with E-state index < -0.39 is 5.60 Å². The molecule has 1 aliphatic heterocycles. The van der Waals surface area contributed by atoms with Crippen LogP contribution in [0.4, 0.5) is 0 Å². The molecule has 0 atom stereocenters. The fourth-order valence-corrected chi connectivity index (χ4v) is 3.79. The van der Waals surface area contributed by atoms with Crippen molar-refractivity contribution in [3.05, 3.63) is 113 Å². The molecule has 3 aromatic rings. The van der Waals surface area contributed by atoms with Crippen LogP contribution in [0.2, 0.25) is 0 Å². The molecule has 0 radical (unpaired) electrons. The molecule has 140 valence electrons. The Morgan fingerprint density at radius 2 is 1.25 bits per heavy atom. The summed E-state index contributed by atoms with van der Waals surface area (Å²) in [6.07, 6.45) is 0.808. The van der Waals surface area contributed by atoms with E-state index >= 15 is 0 Å². The first-order valence-corrected chi connectivity index (χ1v) is 9.74. The molecule has 0 fully saturated rings. The van der Waals surface area contributed by atoms with E-state index in [1.807, 2.05) is 24.3 Å². The van der Waals surface area contributed by atoms with Crippen molar-refractivity contribution in [2.75, 3.05) is 0 Å². The van der Waals surface area contributed by atoms with Crippen LogP contribution < -0.4 is 0 Å². The molecule has 4 rings (SSSR count). The van der Waals surface area contributed by atoms with Gasteiger partial charge in [-0.3, -0.25) is 0 Å². The van der Waals surface area contributed by atoms with E-state index in [-0.39, 0.29) is 0 Å². The summed E-state index contributed by atoms with van der Waals surface area (Å²) in [5, 5.41) is 0. The SMILES string of the molecule is CC1(C)OC(=NCc2ccccc2)C(Cc2ccccc2)=C1c1ccccc1. The van der Waals surface area contributed by atoms with E-state index in [0.29, 0.717) is 6.54 Å². The van der Waals surface area contributed by atoms with Crippen molar-refractivity contribution in [3.8, 4) is 0 Å². The number of hydrogen-bond acceptors (Lipinski definition) is 2. The van der Waals surface area contributed by atoms with Gasteiger partial charge in [0.25, 0.3) is 0 Å². The van der Waals surface area contributed by atoms with Gasteiger partial charge in [0.1, 0.15) is 5.60 Å². The van der Waals surface area contributed by atoms with E-state index in [2.05, 4.69) is 80.6 Å². The third-order valence-corrected chi connectivity index (χ3v) is 5.05. The minimum atomic E-state index is -0.416. The molecule has 3 aromatic carbocycles. The minimum Gasteiger partial charge on any atom is -0.467 e. The van der Waals surface area contributed by atoms with Gasteiger partial charge in [-0.2, -0.15) is 0 Å². The maximum absolute atomic E-state index is 6.40. The summed E-state index contributed by atoms with van der Waals surface area (Å²) in [6.45, 7) is 4.88. The van der Waals surface area contributed by atoms with Crippen molar-refractivity contribution in [1.82, 2.24) is 0 Å². The second-order valence-corrected chi connectivity index (χ2v) is 7.60. The molecule has 0 unspecified atom stereocenters. The molecule has 2 nitrogen and oxygen atoms in total. The van der Waals surface area contributed by atoms with Crippen LogP contribution >= 0.6 is 0 Å². The maximum Gasteiger partial charge on any atom is 0.213 e. The number of nitrogens with zero attached hydrogens (tertiary/aromatic N) is 1. The summed E-state index contributed by atoms with van der Waals surface area (Å²) in [4.78, 5) is 4.88. The zero-order valence-electron chi connectivity index (χ0n) is 16.4. The number of rotatable bonds is 5. The van der Waals surface area contributed by atoms with Gasteiger partial charge in [0.15, 0.2) is 0 Å². The van der Waals surface area contributed by atoms with Gasteiger partial charge in [0.05, 0.1) is 6.54 Å². The number of aliphatic imine (C=N–C) groups is 1. The first-order chi connectivity index (χ1) is 13.6. The molecule has 28 heavy (non-hydrogen) atoms. The highest BCUT2D eigenvalue weighted by atomic mass is 16.5. The molecular formula is C26H25NO. The summed E-state index contributed by atoms with van der Waals surface area (Å²) in [7, 11) is 0. The van der Waals surface area contributed by atoms with Gasteiger partial charge in [0.2, 0.25) is 5.90 Å². The third kappa shape index (κ3) is 3.91. The van der Waals surface area contributed by atoms with Crippen LogP contribution in [0, 0.1) is 0 Å². The zero-order chi connectivity index (χ0) is 19.4. The second kappa shape index (κ2) is 7.85. The van der Waals surface area contributed by atoms with E-state index in [1.165, 1.54) is 27.8 Å². The van der Waals surface area contributed by atoms with Crippen molar-refractivity contribution in [1.29, 1.82) is 0 Å². The second-order valence-electron chi connectivity index (χ2n) is 7.60. The predicted octanol–water partition coefficient (Wildman–Crippen LogP) is 6.09. The van der Waals surface area contributed by atoms with Gasteiger partial charge in [-0.05, 0) is 30.5 Å². The average molecular weight is 367 g/mol. The van der Waals surface area contributed by atoms with E-state index in [0.717, 1.165) is 12.3 Å². The quantitative estimate of drug-likeness (QED) is 0.535. The lowest BCUT2D eigenvalue weighted by atomic mass is 9.87. The average Bonchev–Trinajstić information content (AvgIpc) is 2.98. The van der Waals surface area contributed by atoms with Gasteiger partial charge in [0, 0.05) is 17.6 Å². The fraction of sp³-hybridized carbons (Fsp3) is 0.192. The summed E-state index contributed by atoms with van der Waals surface area (Å²) < 4.78 is 6.40. The first kappa shape index (κ1) is 18.2. The summed E-state index contributed by atoms with van der Waals surface area (Å²) in [5.74, 6) is 0.761. The molecule has 1 heterocycles. The summed E-state index contributed by atoms with van der Waals surface area (Å²) in [5.41, 5.74) is 5.63. The Kier molecular flexibility index (Phi) is 5.12. The highest BCUT2D eigenvalue weighted by Crippen LogP contribution is 2.41. The van der Waals surface area contributed by atoms with E-state index in [1.54, 1.807) is 0 Å². The molecule has 0 saturated carbocycles. The van der Waals surface area contributed by atoms with Gasteiger partial charge >= 0.3 is 0 Å². The first-order valence-electron chi connectivity index (χ1n) is 9.74. The van der Waals surface area contributed by atoms with E-state index in [4.69, 9.17) is 9.73 Å². The minimum absolute atomic E-state index is 0.416. The van der Waals surface area contributed by atoms with Gasteiger partial charge in [-0.15, -0.1) is 0 Å². The van der Waals surface area contributed by atoms with Crippen LogP contribution in [0.25, 0.3) is 5.57 Å². The number of ether oxygens (including phenoxy) is 1. The largest absolute Gasteiger partial charge is 0.467 e. The molecule has 1 aliphatic rings. The monoisotopic (exact) mass is 367 g/mol. The predicted molar refractivity (Wildman–Crippen MR) is 116 cm³/mol. The van der Waals surface area contributed by atoms with Gasteiger partial charge in [-0.25, -0.2) is 4.99 Å². The molecule has 0 aromatic heterocycles. The van der Waals surface area contributed by atoms with Crippen LogP contribution in [0.5, 0.6) is 0 Å². The number of hydrogen-bond donors (Lipinski definition) is 0. The van der Waals surface area contributed by atoms with Crippen LogP contribution in [0.1, 0.15) is 30.5 Å². The topological polar surface area (TPSA) is 21.6 Å². The molecule has 0 amide bonds. The maximum atomic E-state index is 6.40. The zero-order valence-corrected chi connectivity index (χ0v) is 16.4. The molecule has 0 N–H and O–H groups in total. The normalized spacial score (nSPS) is 17.0. The van der Waals surface area contributed by atoms with Crippen LogP contribution in [-0.4, -0.2) is 11.5 Å². The Hall–Kier alpha value is -3.13. The lowest BCUT2D eigenvalue weighted by Crippen LogP contribution is -2.22. The Morgan fingerprint density at radius 3 is 1.86 bits per heavy atom. The lowest BCUT2D eigenvalue weighted by molar-refractivity contribution is 0.170. The van der Waals surface area contributed by atoms with Crippen molar-refractivity contribution < 1.29 is 4.74 Å². The summed E-state index contributed by atoms with van der Waals surface area (Å²) >= 11 is 0. The highest BCUT2D eigenvalue weighted by Gasteiger charge is 2.39. The molecule has 2 heteroatoms. The van der Waals surface area contributed by atoms with Crippen molar-refractivity contribution in [2.24, 2.45) is 4.99 Å². The number of benzene rings is 3. The van der Waals surface area contributed by atoms with Gasteiger partial charge < -0.3 is 4.74 Å². The fourth-order valence-electron chi connectivity index (χ4n) is 3.79. The Labute approximate surface area is 167 Å². The smallest absolute Gasteiger partial charge is 0.213 e. The molecule has 0 spiro atoms. The molecule has 0 saturated heterocycles. The highest BCUT2D eigenvalue weighted by molar-refractivity contribution is 6.07.